The lowest BCUT2D eigenvalue weighted by Crippen LogP contribution is -2.13. The Labute approximate surface area is 120 Å². The van der Waals surface area contributed by atoms with Gasteiger partial charge in [0.1, 0.15) is 0 Å². The van der Waals surface area contributed by atoms with Gasteiger partial charge in [0.15, 0.2) is 0 Å². The molecule has 0 aromatic heterocycles. The standard InChI is InChI=1S/C6H16S8/c7-13(8)6(14(9)10)4-5-11-2-1-3-12-5/h5-10,13-14H,1-4H2. The molecule has 0 atom stereocenters. The Bertz CT molecular complexity index is 146. The molecule has 0 unspecified atom stereocenters. The lowest BCUT2D eigenvalue weighted by molar-refractivity contribution is 1.00. The van der Waals surface area contributed by atoms with Gasteiger partial charge in [0, 0.05) is 4.58 Å². The molecule has 1 saturated heterocycles. The highest BCUT2D eigenvalue weighted by Gasteiger charge is 2.23. The van der Waals surface area contributed by atoms with Gasteiger partial charge < -0.3 is 0 Å². The molecule has 1 heterocycles. The van der Waals surface area contributed by atoms with Crippen LogP contribution in [0.4, 0.5) is 0 Å². The molecule has 88 valence electrons. The van der Waals surface area contributed by atoms with Gasteiger partial charge in [-0.2, -0.15) is 0 Å². The quantitative estimate of drug-likeness (QED) is 0.333. The summed E-state index contributed by atoms with van der Waals surface area (Å²) in [5, 5.41) is 0. The first-order valence-corrected chi connectivity index (χ1v) is 13.7. The Morgan fingerprint density at radius 3 is 2.00 bits per heavy atom. The molecule has 1 aliphatic heterocycles. The van der Waals surface area contributed by atoms with E-state index in [-0.39, 0.29) is 0 Å². The SMILES string of the molecule is S[SH](S)C(CC1SCCCS1)[SH](S)S. The minimum absolute atomic E-state index is 0.490. The first-order chi connectivity index (χ1) is 6.61. The van der Waals surface area contributed by atoms with E-state index in [1.165, 1.54) is 24.3 Å². The van der Waals surface area contributed by atoms with Crippen molar-refractivity contribution < 1.29 is 0 Å². The van der Waals surface area contributed by atoms with Crippen molar-refractivity contribution in [2.75, 3.05) is 11.5 Å². The fraction of sp³-hybridized carbons (Fsp3) is 1.00. The zero-order chi connectivity index (χ0) is 10.6. The van der Waals surface area contributed by atoms with Crippen molar-refractivity contribution in [3.8, 4) is 0 Å². The fourth-order valence-corrected chi connectivity index (χ4v) is 14.0. The second kappa shape index (κ2) is 8.00. The summed E-state index contributed by atoms with van der Waals surface area (Å²) >= 11 is 22.0. The van der Waals surface area contributed by atoms with Crippen LogP contribution in [0.5, 0.6) is 0 Å². The molecular formula is C6H16S8. The highest BCUT2D eigenvalue weighted by Crippen LogP contribution is 2.59. The first-order valence-electron chi connectivity index (χ1n) is 4.18. The number of thiol groups is 6. The van der Waals surface area contributed by atoms with Gasteiger partial charge in [0.25, 0.3) is 0 Å². The number of hydrogen-bond donors (Lipinski definition) is 6. The predicted molar refractivity (Wildman–Crippen MR) is 95.6 cm³/mol. The van der Waals surface area contributed by atoms with Crippen molar-refractivity contribution in [3.63, 3.8) is 0 Å². The molecule has 1 rings (SSSR count). The van der Waals surface area contributed by atoms with E-state index >= 15 is 0 Å². The van der Waals surface area contributed by atoms with Crippen LogP contribution in [0, 0.1) is 0 Å². The maximum absolute atomic E-state index is 4.46. The molecular weight excluding hydrogens is 329 g/mol. The largest absolute Gasteiger partial charge is 0.149 e. The Morgan fingerprint density at radius 2 is 1.57 bits per heavy atom. The third kappa shape index (κ3) is 5.42. The van der Waals surface area contributed by atoms with E-state index in [9.17, 15) is 0 Å². The van der Waals surface area contributed by atoms with E-state index in [2.05, 4.69) is 70.2 Å². The molecule has 1 fully saturated rings. The van der Waals surface area contributed by atoms with Gasteiger partial charge >= 0.3 is 0 Å². The molecule has 1 aliphatic rings. The molecule has 0 amide bonds. The van der Waals surface area contributed by atoms with Crippen molar-refractivity contribution >= 4 is 88.1 Å². The van der Waals surface area contributed by atoms with E-state index in [0.717, 1.165) is 4.58 Å². The predicted octanol–water partition coefficient (Wildman–Crippen LogP) is 4.28. The number of hydrogen-bond acceptors (Lipinski definition) is 6. The molecule has 0 N–H and O–H groups in total. The second-order valence-corrected chi connectivity index (χ2v) is 15.8. The molecule has 0 bridgehead atoms. The second-order valence-electron chi connectivity index (χ2n) is 2.88. The van der Waals surface area contributed by atoms with Gasteiger partial charge in [-0.25, -0.2) is 0 Å². The molecule has 8 heteroatoms. The van der Waals surface area contributed by atoms with Gasteiger partial charge in [0.05, 0.1) is 4.58 Å². The van der Waals surface area contributed by atoms with Gasteiger partial charge in [0.2, 0.25) is 0 Å². The monoisotopic (exact) mass is 344 g/mol. The third-order valence-corrected chi connectivity index (χ3v) is 13.2. The summed E-state index contributed by atoms with van der Waals surface area (Å²) < 4.78 is 1.23. The molecule has 14 heavy (non-hydrogen) atoms. The maximum Gasteiger partial charge on any atom is 0.0520 e. The van der Waals surface area contributed by atoms with Crippen LogP contribution in [0.3, 0.4) is 0 Å². The van der Waals surface area contributed by atoms with Gasteiger partial charge in [-0.3, -0.25) is 0 Å². The Balaban J connectivity index is 2.37. The van der Waals surface area contributed by atoms with Crippen molar-refractivity contribution in [1.29, 1.82) is 0 Å². The van der Waals surface area contributed by atoms with Gasteiger partial charge in [-0.15, -0.1) is 88.1 Å². The summed E-state index contributed by atoms with van der Waals surface area (Å²) in [4.78, 5) is 0. The summed E-state index contributed by atoms with van der Waals surface area (Å²) in [6.07, 6.45) is 2.52. The summed E-state index contributed by atoms with van der Waals surface area (Å²) in [6, 6.07) is 0. The lowest BCUT2D eigenvalue weighted by Gasteiger charge is -2.31. The Kier molecular flexibility index (Phi) is 8.49. The number of rotatable bonds is 4. The average molecular weight is 345 g/mol. The molecule has 0 aromatic carbocycles. The Hall–Kier alpha value is 2.80. The van der Waals surface area contributed by atoms with Gasteiger partial charge in [-0.05, 0) is 24.3 Å². The molecule has 0 aliphatic carbocycles. The third-order valence-electron chi connectivity index (χ3n) is 1.83. The minimum Gasteiger partial charge on any atom is -0.149 e. The number of thioether (sulfide) groups is 2. The van der Waals surface area contributed by atoms with Gasteiger partial charge in [-0.1, -0.05) is 0 Å². The average Bonchev–Trinajstić information content (AvgIpc) is 2.15. The zero-order valence-corrected chi connectivity index (χ0v) is 14.5. The molecule has 0 nitrogen and oxygen atoms in total. The van der Waals surface area contributed by atoms with E-state index < -0.39 is 17.9 Å². The fourth-order valence-electron chi connectivity index (χ4n) is 1.13. The van der Waals surface area contributed by atoms with Crippen molar-refractivity contribution in [1.82, 2.24) is 0 Å². The van der Waals surface area contributed by atoms with Crippen molar-refractivity contribution in [2.45, 2.75) is 22.0 Å². The topological polar surface area (TPSA) is 0 Å². The van der Waals surface area contributed by atoms with Crippen molar-refractivity contribution in [3.05, 3.63) is 0 Å². The van der Waals surface area contributed by atoms with Crippen LogP contribution in [0.15, 0.2) is 0 Å². The summed E-state index contributed by atoms with van der Waals surface area (Å²) in [5.41, 5.74) is 0. The van der Waals surface area contributed by atoms with Crippen LogP contribution >= 0.6 is 88.1 Å². The lowest BCUT2D eigenvalue weighted by atomic mass is 10.5. The van der Waals surface area contributed by atoms with Crippen LogP contribution in [-0.2, 0) is 0 Å². The van der Waals surface area contributed by atoms with E-state index in [4.69, 9.17) is 0 Å². The van der Waals surface area contributed by atoms with Crippen LogP contribution in [-0.4, -0.2) is 20.7 Å². The van der Waals surface area contributed by atoms with Crippen molar-refractivity contribution in [2.24, 2.45) is 0 Å². The highest BCUT2D eigenvalue weighted by atomic mass is 33.5. The van der Waals surface area contributed by atoms with E-state index in [1.54, 1.807) is 0 Å². The summed E-state index contributed by atoms with van der Waals surface area (Å²) in [6.45, 7) is 0. The van der Waals surface area contributed by atoms with Crippen LogP contribution in [0.25, 0.3) is 0 Å². The Morgan fingerprint density at radius 1 is 1.07 bits per heavy atom. The minimum atomic E-state index is -0.490. The van der Waals surface area contributed by atoms with E-state index in [1.807, 2.05) is 0 Å². The van der Waals surface area contributed by atoms with Crippen LogP contribution in [0.1, 0.15) is 12.8 Å². The molecule has 0 radical (unpaired) electrons. The maximum atomic E-state index is 4.46. The smallest absolute Gasteiger partial charge is 0.0520 e. The molecule has 0 spiro atoms. The summed E-state index contributed by atoms with van der Waals surface area (Å²) in [7, 11) is -0.980. The highest BCUT2D eigenvalue weighted by molar-refractivity contribution is 9.18. The summed E-state index contributed by atoms with van der Waals surface area (Å²) in [5.74, 6) is 2.61. The normalized spacial score (nSPS) is 21.2. The van der Waals surface area contributed by atoms with Crippen LogP contribution in [0.2, 0.25) is 0 Å². The molecule has 0 aromatic rings. The van der Waals surface area contributed by atoms with Crippen LogP contribution < -0.4 is 0 Å². The molecule has 0 saturated carbocycles. The first kappa shape index (κ1) is 14.9. The zero-order valence-electron chi connectivity index (χ0n) is 7.48. The van der Waals surface area contributed by atoms with E-state index in [0.29, 0.717) is 4.58 Å².